The molecule has 1 aromatic heterocycles. The summed E-state index contributed by atoms with van der Waals surface area (Å²) in [5.41, 5.74) is 1.24. The molecule has 94 valence electrons. The van der Waals surface area contributed by atoms with Crippen LogP contribution in [0.5, 0.6) is 0 Å². The zero-order valence-electron chi connectivity index (χ0n) is 9.98. The number of hydrogen-bond donors (Lipinski definition) is 0. The van der Waals surface area contributed by atoms with Gasteiger partial charge in [0.05, 0.1) is 4.47 Å². The maximum atomic E-state index is 5.99. The molecule has 0 bridgehead atoms. The van der Waals surface area contributed by atoms with Gasteiger partial charge in [-0.3, -0.25) is 0 Å². The molecule has 18 heavy (non-hydrogen) atoms. The lowest BCUT2D eigenvalue weighted by Crippen LogP contribution is -2.23. The fourth-order valence-electron chi connectivity index (χ4n) is 1.70. The van der Waals surface area contributed by atoms with Crippen molar-refractivity contribution >= 4 is 33.3 Å². The van der Waals surface area contributed by atoms with Gasteiger partial charge in [-0.2, -0.15) is 0 Å². The van der Waals surface area contributed by atoms with Crippen LogP contribution in [-0.4, -0.2) is 16.5 Å². The lowest BCUT2D eigenvalue weighted by atomic mass is 10.2. The van der Waals surface area contributed by atoms with E-state index < -0.39 is 0 Å². The van der Waals surface area contributed by atoms with Crippen LogP contribution >= 0.6 is 27.5 Å². The molecular formula is C13H13BrClN3. The summed E-state index contributed by atoms with van der Waals surface area (Å²) in [6, 6.07) is 10.3. The van der Waals surface area contributed by atoms with Gasteiger partial charge in [-0.1, -0.05) is 41.9 Å². The molecule has 0 N–H and O–H groups in total. The van der Waals surface area contributed by atoms with E-state index in [9.17, 15) is 0 Å². The molecule has 1 aromatic carbocycles. The van der Waals surface area contributed by atoms with E-state index in [2.05, 4.69) is 49.9 Å². The molecule has 1 heterocycles. The van der Waals surface area contributed by atoms with Gasteiger partial charge in [-0.25, -0.2) is 9.97 Å². The van der Waals surface area contributed by atoms with Gasteiger partial charge in [0, 0.05) is 13.1 Å². The molecule has 0 amide bonds. The van der Waals surface area contributed by atoms with Crippen molar-refractivity contribution in [1.29, 1.82) is 0 Å². The van der Waals surface area contributed by atoms with E-state index in [-0.39, 0.29) is 0 Å². The molecule has 3 nitrogen and oxygen atoms in total. The van der Waals surface area contributed by atoms with Crippen LogP contribution in [0.25, 0.3) is 0 Å². The molecule has 0 aliphatic carbocycles. The van der Waals surface area contributed by atoms with E-state index in [1.54, 1.807) is 0 Å². The highest BCUT2D eigenvalue weighted by molar-refractivity contribution is 9.10. The Morgan fingerprint density at radius 1 is 1.22 bits per heavy atom. The standard InChI is InChI=1S/C13H13BrClN3/c1-2-18(8-10-6-4-3-5-7-10)13-11(14)12(15)16-9-17-13/h3-7,9H,2,8H2,1H3. The lowest BCUT2D eigenvalue weighted by Gasteiger charge is -2.23. The second-order valence-corrected chi connectivity index (χ2v) is 4.95. The van der Waals surface area contributed by atoms with Gasteiger partial charge in [-0.15, -0.1) is 0 Å². The fourth-order valence-corrected chi connectivity index (χ4v) is 2.28. The smallest absolute Gasteiger partial charge is 0.148 e. The maximum Gasteiger partial charge on any atom is 0.148 e. The Labute approximate surface area is 120 Å². The summed E-state index contributed by atoms with van der Waals surface area (Å²) in [6.45, 7) is 3.73. The fraction of sp³-hybridized carbons (Fsp3) is 0.231. The molecule has 0 aliphatic heterocycles. The van der Waals surface area contributed by atoms with Gasteiger partial charge in [0.25, 0.3) is 0 Å². The Bertz CT molecular complexity index is 519. The number of hydrogen-bond acceptors (Lipinski definition) is 3. The highest BCUT2D eigenvalue weighted by Crippen LogP contribution is 2.29. The largest absolute Gasteiger partial charge is 0.351 e. The molecule has 0 radical (unpaired) electrons. The summed E-state index contributed by atoms with van der Waals surface area (Å²) in [4.78, 5) is 10.4. The Hall–Kier alpha value is -1.13. The van der Waals surface area contributed by atoms with E-state index in [0.29, 0.717) is 5.15 Å². The van der Waals surface area contributed by atoms with Crippen molar-refractivity contribution in [3.8, 4) is 0 Å². The number of benzene rings is 1. The third-order valence-electron chi connectivity index (χ3n) is 2.63. The zero-order chi connectivity index (χ0) is 13.0. The van der Waals surface area contributed by atoms with Crippen molar-refractivity contribution in [2.75, 3.05) is 11.4 Å². The molecule has 0 fully saturated rings. The Kier molecular flexibility index (Phi) is 4.55. The molecule has 0 aliphatic rings. The SMILES string of the molecule is CCN(Cc1ccccc1)c1ncnc(Cl)c1Br. The van der Waals surface area contributed by atoms with Crippen molar-refractivity contribution in [2.24, 2.45) is 0 Å². The van der Waals surface area contributed by atoms with E-state index in [4.69, 9.17) is 11.6 Å². The average molecular weight is 327 g/mol. The number of aromatic nitrogens is 2. The highest BCUT2D eigenvalue weighted by Gasteiger charge is 2.13. The van der Waals surface area contributed by atoms with Gasteiger partial charge < -0.3 is 4.90 Å². The third kappa shape index (κ3) is 3.00. The summed E-state index contributed by atoms with van der Waals surface area (Å²) in [6.07, 6.45) is 1.48. The van der Waals surface area contributed by atoms with Gasteiger partial charge in [0.15, 0.2) is 0 Å². The van der Waals surface area contributed by atoms with Crippen LogP contribution in [-0.2, 0) is 6.54 Å². The monoisotopic (exact) mass is 325 g/mol. The number of halogens is 2. The predicted octanol–water partition coefficient (Wildman–Crippen LogP) is 3.92. The summed E-state index contributed by atoms with van der Waals surface area (Å²) in [7, 11) is 0. The Morgan fingerprint density at radius 3 is 2.61 bits per heavy atom. The molecule has 0 saturated heterocycles. The normalized spacial score (nSPS) is 10.4. The summed E-state index contributed by atoms with van der Waals surface area (Å²) >= 11 is 9.43. The van der Waals surface area contributed by atoms with Crippen LogP contribution in [0.2, 0.25) is 5.15 Å². The van der Waals surface area contributed by atoms with Crippen molar-refractivity contribution in [3.05, 3.63) is 51.8 Å². The van der Waals surface area contributed by atoms with Crippen LogP contribution in [0.1, 0.15) is 12.5 Å². The van der Waals surface area contributed by atoms with Gasteiger partial charge in [0.2, 0.25) is 0 Å². The van der Waals surface area contributed by atoms with Crippen molar-refractivity contribution in [3.63, 3.8) is 0 Å². The van der Waals surface area contributed by atoms with Crippen LogP contribution in [0.4, 0.5) is 5.82 Å². The minimum absolute atomic E-state index is 0.437. The number of nitrogens with zero attached hydrogens (tertiary/aromatic N) is 3. The number of rotatable bonds is 4. The van der Waals surface area contributed by atoms with E-state index in [0.717, 1.165) is 23.4 Å². The van der Waals surface area contributed by atoms with Crippen molar-refractivity contribution in [2.45, 2.75) is 13.5 Å². The first kappa shape index (κ1) is 13.3. The minimum atomic E-state index is 0.437. The lowest BCUT2D eigenvalue weighted by molar-refractivity contribution is 0.806. The van der Waals surface area contributed by atoms with Gasteiger partial charge in [0.1, 0.15) is 17.3 Å². The summed E-state index contributed by atoms with van der Waals surface area (Å²) in [5.74, 6) is 0.821. The predicted molar refractivity (Wildman–Crippen MR) is 77.9 cm³/mol. The van der Waals surface area contributed by atoms with Gasteiger partial charge in [-0.05, 0) is 28.4 Å². The first-order chi connectivity index (χ1) is 8.72. The molecule has 0 spiro atoms. The topological polar surface area (TPSA) is 29.0 Å². The van der Waals surface area contributed by atoms with E-state index in [1.165, 1.54) is 11.9 Å². The second-order valence-electron chi connectivity index (χ2n) is 3.80. The van der Waals surface area contributed by atoms with Gasteiger partial charge >= 0.3 is 0 Å². The highest BCUT2D eigenvalue weighted by atomic mass is 79.9. The first-order valence-corrected chi connectivity index (χ1v) is 6.84. The molecule has 2 rings (SSSR count). The molecular weight excluding hydrogens is 314 g/mol. The molecule has 2 aromatic rings. The molecule has 0 unspecified atom stereocenters. The maximum absolute atomic E-state index is 5.99. The average Bonchev–Trinajstić information content (AvgIpc) is 2.41. The molecule has 0 saturated carbocycles. The first-order valence-electron chi connectivity index (χ1n) is 5.67. The van der Waals surface area contributed by atoms with Crippen molar-refractivity contribution in [1.82, 2.24) is 9.97 Å². The minimum Gasteiger partial charge on any atom is -0.351 e. The zero-order valence-corrected chi connectivity index (χ0v) is 12.3. The van der Waals surface area contributed by atoms with Crippen LogP contribution < -0.4 is 4.90 Å². The van der Waals surface area contributed by atoms with Crippen LogP contribution in [0.3, 0.4) is 0 Å². The quantitative estimate of drug-likeness (QED) is 0.797. The second kappa shape index (κ2) is 6.16. The number of anilines is 1. The van der Waals surface area contributed by atoms with Crippen LogP contribution in [0.15, 0.2) is 41.1 Å². The molecule has 0 atom stereocenters. The van der Waals surface area contributed by atoms with Crippen LogP contribution in [0, 0.1) is 0 Å². The van der Waals surface area contributed by atoms with Crippen molar-refractivity contribution < 1.29 is 0 Å². The molecule has 5 heteroatoms. The van der Waals surface area contributed by atoms with E-state index in [1.807, 2.05) is 18.2 Å². The summed E-state index contributed by atoms with van der Waals surface area (Å²) in [5, 5.41) is 0.437. The Morgan fingerprint density at radius 2 is 1.94 bits per heavy atom. The summed E-state index contributed by atoms with van der Waals surface area (Å²) < 4.78 is 0.740. The van der Waals surface area contributed by atoms with E-state index >= 15 is 0 Å². The third-order valence-corrected chi connectivity index (χ3v) is 3.87. The Balaban J connectivity index is 2.26.